The number of nitrogens with one attached hydrogen (secondary N) is 1. The second kappa shape index (κ2) is 5.92. The fourth-order valence-electron chi connectivity index (χ4n) is 4.39. The summed E-state index contributed by atoms with van der Waals surface area (Å²) < 4.78 is 39.9. The molecule has 0 bridgehead atoms. The van der Waals surface area contributed by atoms with Crippen LogP contribution in [0.5, 0.6) is 0 Å². The summed E-state index contributed by atoms with van der Waals surface area (Å²) in [7, 11) is 0. The number of piperidine rings is 1. The van der Waals surface area contributed by atoms with Crippen LogP contribution < -0.4 is 10.2 Å². The second-order valence-corrected chi connectivity index (χ2v) is 7.22. The van der Waals surface area contributed by atoms with Crippen molar-refractivity contribution in [2.45, 2.75) is 37.1 Å². The van der Waals surface area contributed by atoms with Crippen molar-refractivity contribution in [1.82, 2.24) is 0 Å². The number of anilines is 2. The largest absolute Gasteiger partial charge is 0.444 e. The minimum absolute atomic E-state index is 0.0251. The summed E-state index contributed by atoms with van der Waals surface area (Å²) in [5.41, 5.74) is 0.644. The van der Waals surface area contributed by atoms with Gasteiger partial charge in [0.2, 0.25) is 0 Å². The topological polar surface area (TPSA) is 50.8 Å². The molecule has 5 rings (SSSR count). The zero-order chi connectivity index (χ0) is 18.6. The number of carbonyl (C=O) groups excluding carboxylic acids is 1. The number of carbonyl (C=O) groups is 1. The molecule has 0 aromatic heterocycles. The van der Waals surface area contributed by atoms with Crippen LogP contribution in [0.3, 0.4) is 0 Å². The van der Waals surface area contributed by atoms with Crippen LogP contribution in [0.2, 0.25) is 0 Å². The zero-order valence-corrected chi connectivity index (χ0v) is 14.5. The number of rotatable bonds is 4. The van der Waals surface area contributed by atoms with Gasteiger partial charge in [0.1, 0.15) is 17.9 Å². The van der Waals surface area contributed by atoms with Crippen molar-refractivity contribution in [3.05, 3.63) is 59.7 Å². The Morgan fingerprint density at radius 3 is 2.52 bits per heavy atom. The van der Waals surface area contributed by atoms with E-state index in [1.165, 1.54) is 0 Å². The Morgan fingerprint density at radius 2 is 1.96 bits per heavy atom. The highest BCUT2D eigenvalue weighted by molar-refractivity contribution is 5.85. The third kappa shape index (κ3) is 2.41. The maximum absolute atomic E-state index is 14.6. The molecule has 5 nitrogen and oxygen atoms in total. The number of hydrogen-bond acceptors (Lipinski definition) is 4. The van der Waals surface area contributed by atoms with Crippen molar-refractivity contribution in [3.63, 3.8) is 0 Å². The Bertz CT molecular complexity index is 864. The Labute approximate surface area is 154 Å². The van der Waals surface area contributed by atoms with E-state index >= 15 is 0 Å². The van der Waals surface area contributed by atoms with Crippen LogP contribution in [-0.2, 0) is 16.1 Å². The molecule has 2 aliphatic heterocycles. The van der Waals surface area contributed by atoms with Gasteiger partial charge in [-0.1, -0.05) is 30.3 Å². The molecule has 7 heteroatoms. The van der Waals surface area contributed by atoms with Crippen molar-refractivity contribution in [1.29, 1.82) is 0 Å². The Morgan fingerprint density at radius 1 is 1.22 bits per heavy atom. The summed E-state index contributed by atoms with van der Waals surface area (Å²) in [6.07, 6.45) is 1.07. The molecule has 3 unspecified atom stereocenters. The molecule has 2 saturated heterocycles. The first-order valence-electron chi connectivity index (χ1n) is 8.97. The van der Waals surface area contributed by atoms with Crippen LogP contribution in [0.15, 0.2) is 42.5 Å². The number of halogens is 2. The number of nitrogens with zero attached hydrogens (tertiary/aromatic N) is 1. The fourth-order valence-corrected chi connectivity index (χ4v) is 4.39. The molecule has 2 heterocycles. The van der Waals surface area contributed by atoms with Crippen LogP contribution in [-0.4, -0.2) is 30.4 Å². The van der Waals surface area contributed by atoms with Gasteiger partial charge >= 0.3 is 6.09 Å². The second-order valence-electron chi connectivity index (χ2n) is 7.22. The molecule has 1 saturated carbocycles. The third-order valence-corrected chi connectivity index (χ3v) is 5.85. The van der Waals surface area contributed by atoms with E-state index in [0.29, 0.717) is 6.61 Å². The summed E-state index contributed by atoms with van der Waals surface area (Å²) in [4.78, 5) is 13.7. The van der Waals surface area contributed by atoms with Crippen molar-refractivity contribution >= 4 is 17.5 Å². The maximum Gasteiger partial charge on any atom is 0.411 e. The maximum atomic E-state index is 14.6. The first kappa shape index (κ1) is 16.5. The number of hydrogen-bond donors (Lipinski definition) is 1. The van der Waals surface area contributed by atoms with Gasteiger partial charge in [0.25, 0.3) is 0 Å². The number of benzene rings is 2. The van der Waals surface area contributed by atoms with Gasteiger partial charge in [-0.05, 0) is 30.5 Å². The molecule has 2 aromatic carbocycles. The molecule has 0 radical (unpaired) electrons. The van der Waals surface area contributed by atoms with Gasteiger partial charge in [-0.3, -0.25) is 5.32 Å². The van der Waals surface area contributed by atoms with Gasteiger partial charge < -0.3 is 14.4 Å². The van der Waals surface area contributed by atoms with Crippen molar-refractivity contribution in [3.8, 4) is 0 Å². The summed E-state index contributed by atoms with van der Waals surface area (Å²) in [6.45, 7) is 0.579. The molecule has 1 aliphatic carbocycles. The molecule has 3 atom stereocenters. The first-order chi connectivity index (χ1) is 13.1. The summed E-state index contributed by atoms with van der Waals surface area (Å²) in [6, 6.07) is 11.5. The van der Waals surface area contributed by atoms with E-state index in [9.17, 15) is 13.6 Å². The molecular weight excluding hydrogens is 354 g/mol. The lowest BCUT2D eigenvalue weighted by atomic mass is 9.57. The van der Waals surface area contributed by atoms with E-state index in [4.69, 9.17) is 9.47 Å². The van der Waals surface area contributed by atoms with Crippen molar-refractivity contribution in [2.24, 2.45) is 0 Å². The molecule has 2 aromatic rings. The molecule has 1 amide bonds. The summed E-state index contributed by atoms with van der Waals surface area (Å²) >= 11 is 0. The first-order valence-corrected chi connectivity index (χ1v) is 8.97. The fraction of sp³-hybridized carbons (Fsp3) is 0.350. The van der Waals surface area contributed by atoms with E-state index < -0.39 is 17.7 Å². The molecule has 1 spiro atoms. The Balaban J connectivity index is 1.27. The smallest absolute Gasteiger partial charge is 0.411 e. The van der Waals surface area contributed by atoms with Crippen LogP contribution in [0, 0.1) is 11.6 Å². The van der Waals surface area contributed by atoms with Crippen LogP contribution >= 0.6 is 0 Å². The SMILES string of the molecule is O=C(Nc1cc(F)c(N2C3CCC34OCC24)c(F)c1)OCc1ccccc1. The minimum atomic E-state index is -0.764. The Kier molecular flexibility index (Phi) is 3.62. The van der Waals surface area contributed by atoms with Gasteiger partial charge in [0.05, 0.1) is 18.7 Å². The monoisotopic (exact) mass is 372 g/mol. The van der Waals surface area contributed by atoms with Gasteiger partial charge in [0, 0.05) is 5.69 Å². The normalized spacial score (nSPS) is 27.4. The third-order valence-electron chi connectivity index (χ3n) is 5.85. The van der Waals surface area contributed by atoms with E-state index in [1.807, 2.05) is 30.3 Å². The van der Waals surface area contributed by atoms with Gasteiger partial charge in [-0.15, -0.1) is 0 Å². The quantitative estimate of drug-likeness (QED) is 0.886. The van der Waals surface area contributed by atoms with E-state index in [1.54, 1.807) is 4.90 Å². The average molecular weight is 372 g/mol. The molecule has 27 heavy (non-hydrogen) atoms. The molecule has 140 valence electrons. The highest BCUT2D eigenvalue weighted by Crippen LogP contribution is 2.60. The number of ether oxygens (including phenoxy) is 2. The zero-order valence-electron chi connectivity index (χ0n) is 14.5. The lowest BCUT2D eigenvalue weighted by Gasteiger charge is -2.75. The number of amides is 1. The van der Waals surface area contributed by atoms with Gasteiger partial charge in [-0.2, -0.15) is 0 Å². The van der Waals surface area contributed by atoms with Crippen molar-refractivity contribution in [2.75, 3.05) is 16.8 Å². The highest BCUT2D eigenvalue weighted by Gasteiger charge is 2.73. The van der Waals surface area contributed by atoms with Crippen molar-refractivity contribution < 1.29 is 23.0 Å². The van der Waals surface area contributed by atoms with Crippen LogP contribution in [0.1, 0.15) is 18.4 Å². The predicted octanol–water partition coefficient (Wildman–Crippen LogP) is 3.83. The summed E-state index contributed by atoms with van der Waals surface area (Å²) in [5.74, 6) is -1.39. The van der Waals surface area contributed by atoms with E-state index in [2.05, 4.69) is 5.32 Å². The van der Waals surface area contributed by atoms with Gasteiger partial charge in [0.15, 0.2) is 11.6 Å². The average Bonchev–Trinajstić information content (AvgIpc) is 2.58. The van der Waals surface area contributed by atoms with Gasteiger partial charge in [-0.25, -0.2) is 13.6 Å². The van der Waals surface area contributed by atoms with Crippen LogP contribution in [0.4, 0.5) is 25.0 Å². The minimum Gasteiger partial charge on any atom is -0.444 e. The Hall–Kier alpha value is -2.67. The standard InChI is InChI=1S/C20H18F2N2O3/c21-14-8-13(23-19(25)26-10-12-4-2-1-3-5-12)9-15(22)18(14)24-16-6-7-20(16)17(24)11-27-20/h1-5,8-9,16-17H,6-7,10-11H2,(H,23,25). The number of morpholine rings is 1. The molecular formula is C20H18F2N2O3. The van der Waals surface area contributed by atoms with E-state index in [0.717, 1.165) is 30.5 Å². The van der Waals surface area contributed by atoms with E-state index in [-0.39, 0.29) is 35.7 Å². The predicted molar refractivity (Wildman–Crippen MR) is 94.6 cm³/mol. The lowest BCUT2D eigenvalue weighted by molar-refractivity contribution is -0.276. The molecule has 3 aliphatic rings. The highest BCUT2D eigenvalue weighted by atomic mass is 19.1. The molecule has 1 N–H and O–H groups in total. The summed E-state index contributed by atoms with van der Waals surface area (Å²) in [5, 5.41) is 2.38. The molecule has 3 fully saturated rings. The van der Waals surface area contributed by atoms with Crippen LogP contribution in [0.25, 0.3) is 0 Å². The lowest BCUT2D eigenvalue weighted by Crippen LogP contribution is -2.90.